The van der Waals surface area contributed by atoms with Gasteiger partial charge in [-0.05, 0) is 32.0 Å². The number of aryl methyl sites for hydroxylation is 1. The second-order valence-electron chi connectivity index (χ2n) is 5.40. The Labute approximate surface area is 153 Å². The highest BCUT2D eigenvalue weighted by Crippen LogP contribution is 2.28. The highest BCUT2D eigenvalue weighted by molar-refractivity contribution is 7.16. The molecule has 0 spiro atoms. The molecule has 0 unspecified atom stereocenters. The third-order valence-corrected chi connectivity index (χ3v) is 4.49. The van der Waals surface area contributed by atoms with E-state index in [4.69, 9.17) is 4.74 Å². The molecule has 26 heavy (non-hydrogen) atoms. The fraction of sp³-hybridized carbons (Fsp3) is 0.167. The van der Waals surface area contributed by atoms with E-state index in [1.54, 1.807) is 31.2 Å². The first kappa shape index (κ1) is 17.8. The summed E-state index contributed by atoms with van der Waals surface area (Å²) in [4.78, 5) is 25.3. The lowest BCUT2D eigenvalue weighted by atomic mass is 10.2. The summed E-state index contributed by atoms with van der Waals surface area (Å²) in [5, 5.41) is 7.13. The van der Waals surface area contributed by atoms with E-state index in [-0.39, 0.29) is 17.9 Å². The Morgan fingerprint density at radius 2 is 2.12 bits per heavy atom. The van der Waals surface area contributed by atoms with Gasteiger partial charge in [-0.1, -0.05) is 12.1 Å². The third-order valence-electron chi connectivity index (χ3n) is 3.52. The summed E-state index contributed by atoms with van der Waals surface area (Å²) < 4.78 is 20.1. The van der Waals surface area contributed by atoms with Gasteiger partial charge >= 0.3 is 5.97 Å². The Bertz CT molecular complexity index is 964. The van der Waals surface area contributed by atoms with Crippen molar-refractivity contribution in [3.05, 3.63) is 64.5 Å². The number of rotatable bonds is 5. The van der Waals surface area contributed by atoms with Crippen LogP contribution >= 0.6 is 11.3 Å². The van der Waals surface area contributed by atoms with E-state index >= 15 is 0 Å². The van der Waals surface area contributed by atoms with Crippen molar-refractivity contribution >= 4 is 28.2 Å². The number of amides is 1. The molecule has 2 aromatic heterocycles. The number of benzene rings is 1. The quantitative estimate of drug-likeness (QED) is 0.690. The summed E-state index contributed by atoms with van der Waals surface area (Å²) in [5.74, 6) is -1.38. The predicted octanol–water partition coefficient (Wildman–Crippen LogP) is 3.81. The molecule has 0 radical (unpaired) electrons. The maximum atomic E-state index is 13.8. The smallest absolute Gasteiger partial charge is 0.341 e. The molecule has 6 nitrogen and oxygen atoms in total. The topological polar surface area (TPSA) is 73.2 Å². The highest BCUT2D eigenvalue weighted by Gasteiger charge is 2.19. The number of carbonyl (C=O) groups is 2. The molecule has 0 saturated carbocycles. The number of para-hydroxylation sites is 1. The zero-order chi connectivity index (χ0) is 18.7. The Hall–Kier alpha value is -3.00. The van der Waals surface area contributed by atoms with E-state index in [9.17, 15) is 14.0 Å². The van der Waals surface area contributed by atoms with Crippen LogP contribution in [0.4, 0.5) is 9.39 Å². The third kappa shape index (κ3) is 3.65. The van der Waals surface area contributed by atoms with E-state index < -0.39 is 17.7 Å². The zero-order valence-electron chi connectivity index (χ0n) is 14.2. The SMILES string of the molecule is CCOC(=O)c1cc(C)sc1NC(=O)c1cnn(-c2ccccc2F)c1. The molecule has 0 bridgehead atoms. The molecule has 0 atom stereocenters. The molecule has 134 valence electrons. The Morgan fingerprint density at radius 1 is 1.35 bits per heavy atom. The van der Waals surface area contributed by atoms with E-state index in [1.807, 2.05) is 6.92 Å². The first-order valence-corrected chi connectivity index (χ1v) is 8.69. The summed E-state index contributed by atoms with van der Waals surface area (Å²) in [6.45, 7) is 3.79. The number of halogens is 1. The van der Waals surface area contributed by atoms with Crippen LogP contribution in [0.1, 0.15) is 32.5 Å². The molecule has 0 fully saturated rings. The van der Waals surface area contributed by atoms with E-state index in [1.165, 1.54) is 34.5 Å². The first-order valence-electron chi connectivity index (χ1n) is 7.88. The van der Waals surface area contributed by atoms with Gasteiger partial charge in [0.1, 0.15) is 16.5 Å². The number of ether oxygens (including phenoxy) is 1. The number of thiophene rings is 1. The summed E-state index contributed by atoms with van der Waals surface area (Å²) >= 11 is 1.28. The van der Waals surface area contributed by atoms with Gasteiger partial charge in [-0.15, -0.1) is 11.3 Å². The summed E-state index contributed by atoms with van der Waals surface area (Å²) in [6.07, 6.45) is 2.77. The van der Waals surface area contributed by atoms with Crippen molar-refractivity contribution in [1.29, 1.82) is 0 Å². The van der Waals surface area contributed by atoms with Crippen LogP contribution in [0.5, 0.6) is 0 Å². The molecule has 1 N–H and O–H groups in total. The van der Waals surface area contributed by atoms with Crippen molar-refractivity contribution in [3.63, 3.8) is 0 Å². The number of nitrogens with zero attached hydrogens (tertiary/aromatic N) is 2. The minimum Gasteiger partial charge on any atom is -0.462 e. The van der Waals surface area contributed by atoms with Crippen molar-refractivity contribution in [3.8, 4) is 5.69 Å². The van der Waals surface area contributed by atoms with Crippen LogP contribution in [-0.2, 0) is 4.74 Å². The average molecular weight is 373 g/mol. The lowest BCUT2D eigenvalue weighted by Gasteiger charge is -2.05. The lowest BCUT2D eigenvalue weighted by Crippen LogP contribution is -2.13. The number of anilines is 1. The van der Waals surface area contributed by atoms with Gasteiger partial charge in [0, 0.05) is 11.1 Å². The minimum absolute atomic E-state index is 0.241. The average Bonchev–Trinajstić information content (AvgIpc) is 3.22. The molecular weight excluding hydrogens is 357 g/mol. The second-order valence-corrected chi connectivity index (χ2v) is 6.66. The van der Waals surface area contributed by atoms with Crippen LogP contribution < -0.4 is 5.32 Å². The van der Waals surface area contributed by atoms with Crippen molar-refractivity contribution in [2.45, 2.75) is 13.8 Å². The Kier molecular flexibility index (Phi) is 5.13. The molecule has 1 amide bonds. The largest absolute Gasteiger partial charge is 0.462 e. The maximum Gasteiger partial charge on any atom is 0.341 e. The van der Waals surface area contributed by atoms with Crippen molar-refractivity contribution in [2.24, 2.45) is 0 Å². The van der Waals surface area contributed by atoms with Crippen LogP contribution in [0.25, 0.3) is 5.69 Å². The molecule has 0 aliphatic carbocycles. The maximum absolute atomic E-state index is 13.8. The minimum atomic E-state index is -0.491. The van der Waals surface area contributed by atoms with Gasteiger partial charge < -0.3 is 10.1 Å². The molecule has 3 aromatic rings. The van der Waals surface area contributed by atoms with Crippen LogP contribution in [0.2, 0.25) is 0 Å². The van der Waals surface area contributed by atoms with Gasteiger partial charge in [-0.2, -0.15) is 5.10 Å². The van der Waals surface area contributed by atoms with Gasteiger partial charge in [0.15, 0.2) is 0 Å². The summed E-state index contributed by atoms with van der Waals surface area (Å²) in [5.41, 5.74) is 0.795. The number of aromatic nitrogens is 2. The van der Waals surface area contributed by atoms with E-state index in [0.717, 1.165) is 4.88 Å². The zero-order valence-corrected chi connectivity index (χ0v) is 15.0. The standard InChI is InChI=1S/C18H16FN3O3S/c1-3-25-18(24)13-8-11(2)26-17(13)21-16(23)12-9-20-22(10-12)15-7-5-4-6-14(15)19/h4-10H,3H2,1-2H3,(H,21,23). The molecule has 2 heterocycles. The van der Waals surface area contributed by atoms with Gasteiger partial charge in [0.2, 0.25) is 0 Å². The van der Waals surface area contributed by atoms with E-state index in [2.05, 4.69) is 10.4 Å². The molecule has 1 aromatic carbocycles. The molecule has 0 aliphatic rings. The predicted molar refractivity (Wildman–Crippen MR) is 96.5 cm³/mol. The van der Waals surface area contributed by atoms with Crippen LogP contribution in [0.3, 0.4) is 0 Å². The van der Waals surface area contributed by atoms with Gasteiger partial charge in [0.25, 0.3) is 5.91 Å². The Balaban J connectivity index is 1.82. The number of hydrogen-bond donors (Lipinski definition) is 1. The molecule has 0 aliphatic heterocycles. The monoisotopic (exact) mass is 373 g/mol. The first-order chi connectivity index (χ1) is 12.5. The van der Waals surface area contributed by atoms with Gasteiger partial charge in [0.05, 0.1) is 23.9 Å². The number of esters is 1. The van der Waals surface area contributed by atoms with Crippen LogP contribution in [0.15, 0.2) is 42.7 Å². The summed E-state index contributed by atoms with van der Waals surface area (Å²) in [6, 6.07) is 7.80. The molecular formula is C18H16FN3O3S. The summed E-state index contributed by atoms with van der Waals surface area (Å²) in [7, 11) is 0. The number of hydrogen-bond acceptors (Lipinski definition) is 5. The van der Waals surface area contributed by atoms with Crippen LogP contribution in [0, 0.1) is 12.7 Å². The van der Waals surface area contributed by atoms with Crippen molar-refractivity contribution < 1.29 is 18.7 Å². The van der Waals surface area contributed by atoms with Crippen LogP contribution in [-0.4, -0.2) is 28.3 Å². The normalized spacial score (nSPS) is 10.6. The second kappa shape index (κ2) is 7.49. The fourth-order valence-electron chi connectivity index (χ4n) is 2.35. The van der Waals surface area contributed by atoms with Crippen molar-refractivity contribution in [1.82, 2.24) is 9.78 Å². The van der Waals surface area contributed by atoms with Gasteiger partial charge in [-0.25, -0.2) is 13.9 Å². The Morgan fingerprint density at radius 3 is 2.85 bits per heavy atom. The number of nitrogens with one attached hydrogen (secondary N) is 1. The lowest BCUT2D eigenvalue weighted by molar-refractivity contribution is 0.0528. The van der Waals surface area contributed by atoms with Gasteiger partial charge in [-0.3, -0.25) is 4.79 Å². The molecule has 0 saturated heterocycles. The highest BCUT2D eigenvalue weighted by atomic mass is 32.1. The molecule has 3 rings (SSSR count). The molecule has 8 heteroatoms. The number of carbonyl (C=O) groups excluding carboxylic acids is 2. The fourth-order valence-corrected chi connectivity index (χ4v) is 3.25. The van der Waals surface area contributed by atoms with E-state index in [0.29, 0.717) is 10.6 Å². The van der Waals surface area contributed by atoms with Crippen molar-refractivity contribution in [2.75, 3.05) is 11.9 Å².